The highest BCUT2D eigenvalue weighted by atomic mass is 127. The Bertz CT molecular complexity index is 2440. The van der Waals surface area contributed by atoms with Crippen LogP contribution in [0.3, 0.4) is 0 Å². The maximum Gasteiger partial charge on any atom is 0.357 e. The Hall–Kier alpha value is -5.27. The Morgan fingerprint density at radius 1 is 0.364 bits per heavy atom. The van der Waals surface area contributed by atoms with Gasteiger partial charge >= 0.3 is 21.2 Å². The lowest BCUT2D eigenvalue weighted by molar-refractivity contribution is -0.597. The predicted octanol–water partition coefficient (Wildman–Crippen LogP) is 7.77. The molecule has 0 aromatic heterocycles. The fourth-order valence-corrected chi connectivity index (χ4v) is 10.3. The van der Waals surface area contributed by atoms with Crippen LogP contribution in [0.5, 0.6) is 5.75 Å². The average molecular weight is 1090 g/mol. The van der Waals surface area contributed by atoms with Gasteiger partial charge in [0.25, 0.3) is 0 Å². The maximum atomic E-state index is 15.4. The molecule has 0 bridgehead atoms. The molecule has 0 amide bonds. The number of hydrogen-bond donors (Lipinski definition) is 0. The van der Waals surface area contributed by atoms with E-state index in [4.69, 9.17) is 4.74 Å². The Morgan fingerprint density at radius 2 is 0.621 bits per heavy atom. The quantitative estimate of drug-likeness (QED) is 0.0322. The van der Waals surface area contributed by atoms with E-state index in [1.54, 1.807) is 0 Å². The Balaban J connectivity index is 0.000000324. The maximum absolute atomic E-state index is 15.4. The number of halogens is 21. The van der Waals surface area contributed by atoms with E-state index in [9.17, 15) is 52.7 Å². The van der Waals surface area contributed by atoms with E-state index in [0.717, 1.165) is 12.4 Å². The van der Waals surface area contributed by atoms with Gasteiger partial charge in [-0.3, -0.25) is 0 Å². The third-order valence-corrected chi connectivity index (χ3v) is 14.3. The lowest BCUT2D eigenvalue weighted by Gasteiger charge is -2.44. The lowest BCUT2D eigenvalue weighted by atomic mass is 9.12. The molecule has 0 heterocycles. The second kappa shape index (κ2) is 19.9. The van der Waals surface area contributed by atoms with Crippen molar-refractivity contribution in [3.63, 3.8) is 0 Å². The van der Waals surface area contributed by atoms with Gasteiger partial charge in [0.2, 0.25) is 0 Å². The van der Waals surface area contributed by atoms with Crippen molar-refractivity contribution in [1.82, 2.24) is 0 Å². The van der Waals surface area contributed by atoms with Crippen LogP contribution in [0.15, 0.2) is 54.6 Å². The largest absolute Gasteiger partial charge is 0.494 e. The second-order valence-corrected chi connectivity index (χ2v) is 23.8. The summed E-state index contributed by atoms with van der Waals surface area (Å²) in [5.74, 6) is -70.4. The van der Waals surface area contributed by atoms with Crippen molar-refractivity contribution < 1.29 is 114 Å². The second-order valence-electron chi connectivity index (χ2n) is 15.2. The van der Waals surface area contributed by atoms with Crippen LogP contribution in [0.1, 0.15) is 6.42 Å². The van der Waals surface area contributed by atoms with Gasteiger partial charge in [0.15, 0.2) is 76.9 Å². The summed E-state index contributed by atoms with van der Waals surface area (Å²) in [5, 5.41) is 0. The van der Waals surface area contributed by atoms with E-state index < -0.39 is 152 Å². The molecule has 66 heavy (non-hydrogen) atoms. The van der Waals surface area contributed by atoms with Crippen LogP contribution in [0, 0.1) is 123 Å². The highest BCUT2D eigenvalue weighted by Gasteiger charge is 2.52. The monoisotopic (exact) mass is 1090 g/mol. The lowest BCUT2D eigenvalue weighted by Crippen LogP contribution is -3.61. The minimum Gasteiger partial charge on any atom is -0.494 e. The zero-order valence-electron chi connectivity index (χ0n) is 33.2. The van der Waals surface area contributed by atoms with E-state index in [1.165, 1.54) is 19.6 Å². The first-order chi connectivity index (χ1) is 30.7. The van der Waals surface area contributed by atoms with Crippen LogP contribution in [0.4, 0.5) is 87.8 Å². The minimum absolute atomic E-state index is 0.0667. The fourth-order valence-electron chi connectivity index (χ4n) is 6.86. The van der Waals surface area contributed by atoms with Gasteiger partial charge in [-0.15, -0.1) is 21.9 Å². The molecule has 6 rings (SSSR count). The average Bonchev–Trinajstić information content (AvgIpc) is 3.28. The molecule has 0 unspecified atom stereocenters. The molecule has 6 aromatic rings. The van der Waals surface area contributed by atoms with E-state index in [0.29, 0.717) is 0 Å². The number of ether oxygens (including phenoxy) is 1. The van der Waals surface area contributed by atoms with Gasteiger partial charge in [0.1, 0.15) is 58.4 Å². The smallest absolute Gasteiger partial charge is 0.357 e. The van der Waals surface area contributed by atoms with Crippen molar-refractivity contribution in [3.05, 3.63) is 178 Å². The molecule has 0 saturated carbocycles. The van der Waals surface area contributed by atoms with Crippen molar-refractivity contribution in [3.8, 4) is 5.75 Å². The van der Waals surface area contributed by atoms with Crippen molar-refractivity contribution in [2.45, 2.75) is 32.1 Å². The number of rotatable bonds is 11. The molecule has 1 nitrogen and oxygen atoms in total. The first kappa shape index (κ1) is 51.7. The summed E-state index contributed by atoms with van der Waals surface area (Å²) in [6, 6.07) is 20.7. The van der Waals surface area contributed by atoms with Crippen LogP contribution in [-0.4, -0.2) is 20.8 Å². The first-order valence-electron chi connectivity index (χ1n) is 18.4. The molecule has 0 saturated heterocycles. The van der Waals surface area contributed by atoms with Crippen LogP contribution >= 0.6 is 0 Å². The zero-order valence-corrected chi connectivity index (χ0v) is 36.4. The van der Waals surface area contributed by atoms with Crippen LogP contribution in [0.25, 0.3) is 0 Å². The summed E-state index contributed by atoms with van der Waals surface area (Å²) >= 11 is -0.0667. The predicted molar refractivity (Wildman–Crippen MR) is 198 cm³/mol. The Kier molecular flexibility index (Phi) is 15.6. The van der Waals surface area contributed by atoms with Crippen LogP contribution in [0.2, 0.25) is 25.7 Å². The molecular formula is C42H24BF20IOSi. The van der Waals surface area contributed by atoms with Gasteiger partial charge in [0, 0.05) is 8.07 Å². The summed E-state index contributed by atoms with van der Waals surface area (Å²) in [4.78, 5) is 0. The molecule has 0 aliphatic carbocycles. The molecule has 352 valence electrons. The fraction of sp³-hybridized carbons (Fsp3) is 0.143. The molecule has 0 N–H and O–H groups in total. The molecule has 0 radical (unpaired) electrons. The standard InChI is InChI=1S/C24BF20.C18H24IOSi/c26-5-1(6(27)14(35)21(42)13(5)34)25(2-7(28)15(36)22(43)16(37)8(2)29,3-9(30)17(38)23(44)18(39)10(3)31)4-11(32)19(40)24(45)20(41)12(4)33;1-21(2,3)15-7-14-20-18-12-10-17(11-13-18)19-16-8-5-4-6-9-16/h;4-6,8-13H,7,14-15H2,1-3H3/q-1;+1. The molecule has 0 fully saturated rings. The normalized spacial score (nSPS) is 11.8. The van der Waals surface area contributed by atoms with Crippen LogP contribution in [-0.2, 0) is 0 Å². The van der Waals surface area contributed by atoms with Gasteiger partial charge in [-0.2, -0.15) is 0 Å². The van der Waals surface area contributed by atoms with Gasteiger partial charge in [-0.1, -0.05) is 43.9 Å². The highest BCUT2D eigenvalue weighted by Crippen LogP contribution is 2.31. The van der Waals surface area contributed by atoms with E-state index in [1.807, 2.05) is 0 Å². The van der Waals surface area contributed by atoms with Crippen molar-refractivity contribution in [2.75, 3.05) is 6.61 Å². The highest BCUT2D eigenvalue weighted by molar-refractivity contribution is 7.20. The SMILES string of the molecule is C[Si](C)(C)CCCOc1ccc([I+]c2ccccc2)cc1.Fc1c(F)c(F)c([B-](c2c(F)c(F)c(F)c(F)c2F)(c2c(F)c(F)c(F)c(F)c2F)c2c(F)c(F)c(F)c(F)c2F)c(F)c1F. The zero-order chi connectivity index (χ0) is 49.5. The third-order valence-electron chi connectivity index (χ3n) is 9.81. The molecule has 0 aliphatic rings. The molecule has 24 heteroatoms. The summed E-state index contributed by atoms with van der Waals surface area (Å²) < 4.78 is 303. The summed E-state index contributed by atoms with van der Waals surface area (Å²) in [6.45, 7) is 8.08. The van der Waals surface area contributed by atoms with E-state index in [-0.39, 0.29) is 21.2 Å². The topological polar surface area (TPSA) is 9.23 Å². The van der Waals surface area contributed by atoms with Crippen molar-refractivity contribution in [2.24, 2.45) is 0 Å². The van der Waals surface area contributed by atoms with E-state index in [2.05, 4.69) is 74.2 Å². The van der Waals surface area contributed by atoms with Crippen LogP contribution < -0.4 is 47.8 Å². The Morgan fingerprint density at radius 3 is 0.894 bits per heavy atom. The van der Waals surface area contributed by atoms with Gasteiger partial charge in [-0.25, -0.2) is 87.8 Å². The molecule has 6 aromatic carbocycles. The number of hydrogen-bond acceptors (Lipinski definition) is 1. The van der Waals surface area contributed by atoms with Gasteiger partial charge in [0.05, 0.1) is 6.61 Å². The summed E-state index contributed by atoms with van der Waals surface area (Å²) in [6.07, 6.45) is -6.04. The van der Waals surface area contributed by atoms with E-state index >= 15 is 35.1 Å². The van der Waals surface area contributed by atoms with Gasteiger partial charge in [-0.05, 0) is 42.8 Å². The summed E-state index contributed by atoms with van der Waals surface area (Å²) in [7, 11) is -0.923. The molecule has 0 aliphatic heterocycles. The minimum atomic E-state index is -7.22. The number of benzene rings is 6. The van der Waals surface area contributed by atoms with Crippen molar-refractivity contribution >= 4 is 36.1 Å². The third kappa shape index (κ3) is 9.34. The molecule has 0 spiro atoms. The molecule has 0 atom stereocenters. The summed E-state index contributed by atoms with van der Waals surface area (Å²) in [5.41, 5.74) is -14.3. The van der Waals surface area contributed by atoms with Gasteiger partial charge < -0.3 is 4.74 Å². The van der Waals surface area contributed by atoms with Crippen molar-refractivity contribution in [1.29, 1.82) is 0 Å². The Labute approximate surface area is 371 Å². The molecular weight excluding hydrogens is 1070 g/mol. The first-order valence-corrected chi connectivity index (χ1v) is 24.3.